The zero-order valence-electron chi connectivity index (χ0n) is 21.2. The highest BCUT2D eigenvalue weighted by Crippen LogP contribution is 2.26. The van der Waals surface area contributed by atoms with E-state index < -0.39 is 0 Å². The molecule has 1 amide bonds. The summed E-state index contributed by atoms with van der Waals surface area (Å²) in [5.74, 6) is 0.652. The summed E-state index contributed by atoms with van der Waals surface area (Å²) < 4.78 is 8.38. The van der Waals surface area contributed by atoms with Crippen LogP contribution in [0.15, 0.2) is 93.7 Å². The van der Waals surface area contributed by atoms with Gasteiger partial charge in [0.15, 0.2) is 5.16 Å². The molecule has 3 rings (SSSR count). The first-order valence-electron chi connectivity index (χ1n) is 11.7. The van der Waals surface area contributed by atoms with Crippen molar-refractivity contribution in [3.8, 4) is 5.75 Å². The lowest BCUT2D eigenvalue weighted by molar-refractivity contribution is -0.118. The molecule has 0 fully saturated rings. The molecule has 3 aromatic rings. The Morgan fingerprint density at radius 3 is 2.78 bits per heavy atom. The van der Waals surface area contributed by atoms with Gasteiger partial charge in [-0.25, -0.2) is 10.4 Å². The fourth-order valence-electron chi connectivity index (χ4n) is 3.25. The molecule has 6 nitrogen and oxygen atoms in total. The number of fused-ring (bicyclic) bond motifs is 1. The van der Waals surface area contributed by atoms with E-state index in [-0.39, 0.29) is 11.7 Å². The van der Waals surface area contributed by atoms with Gasteiger partial charge in [-0.05, 0) is 43.7 Å². The van der Waals surface area contributed by atoms with E-state index in [9.17, 15) is 4.79 Å². The maximum absolute atomic E-state index is 12.5. The van der Waals surface area contributed by atoms with Gasteiger partial charge >= 0.3 is 0 Å². The smallest absolute Gasteiger partial charge is 0.250 e. The average Bonchev–Trinajstić information content (AvgIpc) is 3.25. The number of nitrogens with one attached hydrogen (secondary N) is 1. The van der Waals surface area contributed by atoms with Crippen LogP contribution >= 0.6 is 27.7 Å². The van der Waals surface area contributed by atoms with E-state index in [0.29, 0.717) is 12.3 Å². The molecule has 0 aliphatic heterocycles. The maximum atomic E-state index is 12.5. The van der Waals surface area contributed by atoms with Gasteiger partial charge in [0.1, 0.15) is 5.75 Å². The number of methoxy groups -OCH3 is 1. The summed E-state index contributed by atoms with van der Waals surface area (Å²) in [6.45, 7) is 10.5. The number of benzene rings is 2. The van der Waals surface area contributed by atoms with E-state index in [2.05, 4.69) is 55.8 Å². The summed E-state index contributed by atoms with van der Waals surface area (Å²) in [7, 11) is 1.59. The fraction of sp³-hybridized carbons (Fsp3) is 0.250. The Balaban J connectivity index is 0.00000222. The average molecular weight is 570 g/mol. The van der Waals surface area contributed by atoms with Crippen LogP contribution in [0.5, 0.6) is 5.75 Å². The van der Waals surface area contributed by atoms with Crippen molar-refractivity contribution in [1.82, 2.24) is 15.0 Å². The summed E-state index contributed by atoms with van der Waals surface area (Å²) >= 11 is 4.82. The number of hydrogen-bond acceptors (Lipinski definition) is 5. The lowest BCUT2D eigenvalue weighted by Gasteiger charge is -2.11. The normalized spacial score (nSPS) is 11.5. The van der Waals surface area contributed by atoms with E-state index in [1.54, 1.807) is 19.4 Å². The van der Waals surface area contributed by atoms with Gasteiger partial charge in [0.25, 0.3) is 5.91 Å². The zero-order valence-corrected chi connectivity index (χ0v) is 23.6. The molecular weight excluding hydrogens is 536 g/mol. The Bertz CT molecular complexity index is 1250. The first-order chi connectivity index (χ1) is 17.5. The number of carbonyl (C=O) groups excluding carboxylic acids is 1. The highest BCUT2D eigenvalue weighted by Gasteiger charge is 2.14. The number of para-hydroxylation sites is 2. The van der Waals surface area contributed by atoms with Crippen LogP contribution in [0.4, 0.5) is 0 Å². The van der Waals surface area contributed by atoms with Crippen LogP contribution in [-0.2, 0) is 11.3 Å². The molecule has 0 aliphatic rings. The van der Waals surface area contributed by atoms with E-state index >= 15 is 0 Å². The van der Waals surface area contributed by atoms with Crippen LogP contribution in [0.3, 0.4) is 0 Å². The summed E-state index contributed by atoms with van der Waals surface area (Å²) in [5, 5.41) is 4.87. The summed E-state index contributed by atoms with van der Waals surface area (Å²) in [4.78, 5) is 17.2. The van der Waals surface area contributed by atoms with E-state index in [1.165, 1.54) is 17.3 Å². The van der Waals surface area contributed by atoms with Crippen LogP contribution in [0, 0.1) is 0 Å². The number of halogens is 1. The van der Waals surface area contributed by atoms with E-state index in [4.69, 9.17) is 9.72 Å². The van der Waals surface area contributed by atoms with Crippen LogP contribution in [0.2, 0.25) is 0 Å². The molecule has 0 bridgehead atoms. The van der Waals surface area contributed by atoms with Gasteiger partial charge in [0.05, 0.1) is 30.1 Å². The van der Waals surface area contributed by atoms with Crippen molar-refractivity contribution in [2.45, 2.75) is 38.9 Å². The topological polar surface area (TPSA) is 68.5 Å². The van der Waals surface area contributed by atoms with E-state index in [1.807, 2.05) is 63.2 Å². The van der Waals surface area contributed by atoms with Crippen LogP contribution < -0.4 is 10.2 Å². The third kappa shape index (κ3) is 8.53. The third-order valence-corrected chi connectivity index (χ3v) is 6.43. The molecule has 1 heterocycles. The standard InChI is InChI=1S/C26H27BrN4O2S.C2H6/c1-4-6-7-10-19(5-2)17-31-23-12-9-8-11-22(23)29-26(31)34-18-25(32)30-28-16-20-15-21(27)13-14-24(20)33-3;1-2/h4-9,11-16H,1,10,17-18H2,2-3H3,(H,30,32);1-2H3/b7-6-,19-5+,28-16+;. The van der Waals surface area contributed by atoms with Gasteiger partial charge in [-0.3, -0.25) is 4.79 Å². The Hall–Kier alpha value is -3.10. The van der Waals surface area contributed by atoms with Gasteiger partial charge in [-0.15, -0.1) is 0 Å². The lowest BCUT2D eigenvalue weighted by atomic mass is 10.1. The second-order valence-electron chi connectivity index (χ2n) is 7.25. The number of hydrazone groups is 1. The molecule has 190 valence electrons. The van der Waals surface area contributed by atoms with Crippen molar-refractivity contribution >= 4 is 50.8 Å². The van der Waals surface area contributed by atoms with Gasteiger partial charge in [0, 0.05) is 16.6 Å². The first kappa shape index (κ1) is 29.1. The number of imidazole rings is 1. The number of ether oxygens (including phenoxy) is 1. The number of thioether (sulfide) groups is 1. The monoisotopic (exact) mass is 568 g/mol. The molecule has 0 atom stereocenters. The maximum Gasteiger partial charge on any atom is 0.250 e. The minimum Gasteiger partial charge on any atom is -0.496 e. The largest absolute Gasteiger partial charge is 0.496 e. The number of hydrogen-bond donors (Lipinski definition) is 1. The highest BCUT2D eigenvalue weighted by molar-refractivity contribution is 9.10. The molecule has 1 N–H and O–H groups in total. The Labute approximate surface area is 226 Å². The quantitative estimate of drug-likeness (QED) is 0.0875. The number of carbonyl (C=O) groups is 1. The van der Waals surface area contributed by atoms with Crippen molar-refractivity contribution in [3.63, 3.8) is 0 Å². The van der Waals surface area contributed by atoms with Crippen molar-refractivity contribution in [2.75, 3.05) is 12.9 Å². The molecule has 0 radical (unpaired) electrons. The zero-order chi connectivity index (χ0) is 26.3. The van der Waals surface area contributed by atoms with Gasteiger partial charge < -0.3 is 9.30 Å². The third-order valence-electron chi connectivity index (χ3n) is 4.96. The van der Waals surface area contributed by atoms with Crippen molar-refractivity contribution in [1.29, 1.82) is 0 Å². The Morgan fingerprint density at radius 1 is 1.28 bits per heavy atom. The molecular formula is C28H33BrN4O2S. The van der Waals surface area contributed by atoms with Crippen LogP contribution in [0.1, 0.15) is 32.8 Å². The molecule has 0 aliphatic carbocycles. The van der Waals surface area contributed by atoms with Crippen LogP contribution in [-0.4, -0.2) is 34.5 Å². The minimum absolute atomic E-state index is 0.192. The fourth-order valence-corrected chi connectivity index (χ4v) is 4.44. The Morgan fingerprint density at radius 2 is 2.06 bits per heavy atom. The molecule has 0 unspecified atom stereocenters. The lowest BCUT2D eigenvalue weighted by Crippen LogP contribution is -2.20. The first-order valence-corrected chi connectivity index (χ1v) is 13.5. The minimum atomic E-state index is -0.214. The summed E-state index contributed by atoms with van der Waals surface area (Å²) in [5.41, 5.74) is 6.54. The number of rotatable bonds is 11. The van der Waals surface area contributed by atoms with Crippen molar-refractivity contribution in [3.05, 3.63) is 89.0 Å². The van der Waals surface area contributed by atoms with Gasteiger partial charge in [-0.2, -0.15) is 5.10 Å². The summed E-state index contributed by atoms with van der Waals surface area (Å²) in [6.07, 6.45) is 10.3. The molecule has 0 saturated carbocycles. The highest BCUT2D eigenvalue weighted by atomic mass is 79.9. The molecule has 8 heteroatoms. The Kier molecular flexibility index (Phi) is 12.8. The van der Waals surface area contributed by atoms with Gasteiger partial charge in [0.2, 0.25) is 0 Å². The summed E-state index contributed by atoms with van der Waals surface area (Å²) in [6, 6.07) is 13.6. The van der Waals surface area contributed by atoms with Gasteiger partial charge in [-0.1, -0.05) is 90.1 Å². The predicted octanol–water partition coefficient (Wildman–Crippen LogP) is 7.15. The second kappa shape index (κ2) is 15.8. The van der Waals surface area contributed by atoms with Crippen LogP contribution in [0.25, 0.3) is 11.0 Å². The van der Waals surface area contributed by atoms with Crippen molar-refractivity contribution < 1.29 is 9.53 Å². The molecule has 0 saturated heterocycles. The number of allylic oxidation sites excluding steroid dienone is 5. The number of amides is 1. The van der Waals surface area contributed by atoms with E-state index in [0.717, 1.165) is 32.6 Å². The molecule has 0 spiro atoms. The number of nitrogens with zero attached hydrogens (tertiary/aromatic N) is 3. The molecule has 2 aromatic carbocycles. The molecule has 36 heavy (non-hydrogen) atoms. The number of aromatic nitrogens is 2. The second-order valence-corrected chi connectivity index (χ2v) is 9.11. The molecule has 1 aromatic heterocycles. The SMILES string of the molecule is C=C/C=C\C/C(=C\C)Cn1c(SCC(=O)N/N=C/c2cc(Br)ccc2OC)nc2ccccc21.CC. The van der Waals surface area contributed by atoms with Crippen molar-refractivity contribution in [2.24, 2.45) is 5.10 Å². The predicted molar refractivity (Wildman–Crippen MR) is 156 cm³/mol.